The number of hydrogen-bond acceptors (Lipinski definition) is 3. The Bertz CT molecular complexity index is 664. The maximum Gasteiger partial charge on any atom is 0.330 e. The van der Waals surface area contributed by atoms with Gasteiger partial charge in [0.05, 0.1) is 6.61 Å². The van der Waals surface area contributed by atoms with Gasteiger partial charge in [-0.25, -0.2) is 4.79 Å². The number of carbonyl (C=O) groups excluding carboxylic acids is 1. The Hall–Kier alpha value is -2.55. The highest BCUT2D eigenvalue weighted by Gasteiger charge is 2.05. The van der Waals surface area contributed by atoms with Crippen molar-refractivity contribution in [3.05, 3.63) is 70.8 Å². The van der Waals surface area contributed by atoms with Crippen molar-refractivity contribution in [1.29, 1.82) is 0 Å². The number of benzene rings is 2. The first kappa shape index (κ1) is 16.8. The van der Waals surface area contributed by atoms with Gasteiger partial charge >= 0.3 is 5.97 Å². The van der Waals surface area contributed by atoms with Gasteiger partial charge in [0.25, 0.3) is 0 Å². The third kappa shape index (κ3) is 4.99. The normalized spacial score (nSPS) is 10.7. The van der Waals surface area contributed by atoms with Gasteiger partial charge in [-0.15, -0.1) is 0 Å². The van der Waals surface area contributed by atoms with Crippen LogP contribution in [0.15, 0.2) is 48.5 Å². The van der Waals surface area contributed by atoms with Crippen LogP contribution < -0.4 is 4.74 Å². The molecular weight excluding hydrogens is 288 g/mol. The van der Waals surface area contributed by atoms with Gasteiger partial charge in [-0.2, -0.15) is 0 Å². The molecule has 0 saturated carbocycles. The number of aryl methyl sites for hydroxylation is 2. The van der Waals surface area contributed by atoms with Gasteiger partial charge in [0.2, 0.25) is 0 Å². The lowest BCUT2D eigenvalue weighted by atomic mass is 10.0. The molecule has 23 heavy (non-hydrogen) atoms. The molecule has 0 heterocycles. The van der Waals surface area contributed by atoms with Crippen LogP contribution in [0.1, 0.15) is 29.2 Å². The highest BCUT2D eigenvalue weighted by atomic mass is 16.5. The molecular formula is C20H22O3. The molecule has 0 unspecified atom stereocenters. The topological polar surface area (TPSA) is 35.5 Å². The lowest BCUT2D eigenvalue weighted by molar-refractivity contribution is -0.137. The molecule has 3 nitrogen and oxygen atoms in total. The SMILES string of the molecule is CCOC(=O)C=Cc1c(C)cc(OCc2ccccc2)cc1C. The summed E-state index contributed by atoms with van der Waals surface area (Å²) >= 11 is 0. The van der Waals surface area contributed by atoms with Crippen LogP contribution in [0.25, 0.3) is 6.08 Å². The van der Waals surface area contributed by atoms with Crippen LogP contribution in [-0.2, 0) is 16.1 Å². The maximum atomic E-state index is 11.4. The van der Waals surface area contributed by atoms with Crippen LogP contribution in [0.5, 0.6) is 5.75 Å². The Morgan fingerprint density at radius 1 is 1.09 bits per heavy atom. The van der Waals surface area contributed by atoms with Crippen LogP contribution in [0.2, 0.25) is 0 Å². The molecule has 0 aliphatic heterocycles. The predicted molar refractivity (Wildman–Crippen MR) is 92.4 cm³/mol. The summed E-state index contributed by atoms with van der Waals surface area (Å²) < 4.78 is 10.8. The van der Waals surface area contributed by atoms with Crippen molar-refractivity contribution in [2.24, 2.45) is 0 Å². The van der Waals surface area contributed by atoms with Gasteiger partial charge in [0.1, 0.15) is 12.4 Å². The predicted octanol–water partition coefficient (Wildman–Crippen LogP) is 4.46. The van der Waals surface area contributed by atoms with Crippen LogP contribution in [0.4, 0.5) is 0 Å². The largest absolute Gasteiger partial charge is 0.489 e. The quantitative estimate of drug-likeness (QED) is 0.584. The number of esters is 1. The highest BCUT2D eigenvalue weighted by molar-refractivity contribution is 5.87. The zero-order valence-electron chi connectivity index (χ0n) is 13.8. The van der Waals surface area contributed by atoms with Crippen molar-refractivity contribution in [3.8, 4) is 5.75 Å². The van der Waals surface area contributed by atoms with Crippen molar-refractivity contribution in [2.75, 3.05) is 6.61 Å². The molecule has 0 aromatic heterocycles. The minimum Gasteiger partial charge on any atom is -0.489 e. The lowest BCUT2D eigenvalue weighted by Gasteiger charge is -2.11. The Kier molecular flexibility index (Phi) is 5.98. The van der Waals surface area contributed by atoms with Gasteiger partial charge in [0.15, 0.2) is 0 Å². The fraction of sp³-hybridized carbons (Fsp3) is 0.250. The van der Waals surface area contributed by atoms with Gasteiger partial charge in [-0.1, -0.05) is 30.3 Å². The third-order valence-electron chi connectivity index (χ3n) is 3.49. The minimum absolute atomic E-state index is 0.323. The molecule has 0 aliphatic rings. The smallest absolute Gasteiger partial charge is 0.330 e. The van der Waals surface area contributed by atoms with Crippen molar-refractivity contribution in [3.63, 3.8) is 0 Å². The molecule has 0 amide bonds. The maximum absolute atomic E-state index is 11.4. The zero-order valence-corrected chi connectivity index (χ0v) is 13.8. The summed E-state index contributed by atoms with van der Waals surface area (Å²) in [5.41, 5.74) is 4.28. The molecule has 0 atom stereocenters. The van der Waals surface area contributed by atoms with E-state index in [4.69, 9.17) is 9.47 Å². The summed E-state index contributed by atoms with van der Waals surface area (Å²) in [5, 5.41) is 0. The van der Waals surface area contributed by atoms with Gasteiger partial charge in [-0.3, -0.25) is 0 Å². The molecule has 2 aromatic rings. The molecule has 0 aliphatic carbocycles. The van der Waals surface area contributed by atoms with E-state index in [0.29, 0.717) is 13.2 Å². The molecule has 0 radical (unpaired) electrons. The van der Waals surface area contributed by atoms with E-state index in [1.807, 2.05) is 56.3 Å². The number of rotatable bonds is 6. The lowest BCUT2D eigenvalue weighted by Crippen LogP contribution is -2.00. The fourth-order valence-electron chi connectivity index (χ4n) is 2.36. The summed E-state index contributed by atoms with van der Waals surface area (Å²) in [6.45, 7) is 6.73. The fourth-order valence-corrected chi connectivity index (χ4v) is 2.36. The second-order valence-corrected chi connectivity index (χ2v) is 5.33. The number of hydrogen-bond donors (Lipinski definition) is 0. The summed E-state index contributed by atoms with van der Waals surface area (Å²) in [5.74, 6) is 0.507. The standard InChI is InChI=1S/C20H22O3/c1-4-22-20(21)11-10-19-15(2)12-18(13-16(19)3)23-14-17-8-6-5-7-9-17/h5-13H,4,14H2,1-3H3. The highest BCUT2D eigenvalue weighted by Crippen LogP contribution is 2.24. The zero-order chi connectivity index (χ0) is 16.7. The van der Waals surface area contributed by atoms with Crippen molar-refractivity contribution in [2.45, 2.75) is 27.4 Å². The van der Waals surface area contributed by atoms with E-state index in [0.717, 1.165) is 28.0 Å². The summed E-state index contributed by atoms with van der Waals surface area (Å²) in [6, 6.07) is 14.0. The van der Waals surface area contributed by atoms with E-state index < -0.39 is 0 Å². The van der Waals surface area contributed by atoms with Gasteiger partial charge in [0, 0.05) is 6.08 Å². The monoisotopic (exact) mass is 310 g/mol. The Morgan fingerprint density at radius 2 is 1.74 bits per heavy atom. The summed E-state index contributed by atoms with van der Waals surface area (Å²) in [6.07, 6.45) is 3.26. The molecule has 0 saturated heterocycles. The third-order valence-corrected chi connectivity index (χ3v) is 3.49. The average Bonchev–Trinajstić information content (AvgIpc) is 2.53. The number of carbonyl (C=O) groups is 1. The van der Waals surface area contributed by atoms with Crippen LogP contribution >= 0.6 is 0 Å². The van der Waals surface area contributed by atoms with Gasteiger partial charge < -0.3 is 9.47 Å². The van der Waals surface area contributed by atoms with E-state index in [2.05, 4.69) is 0 Å². The molecule has 120 valence electrons. The van der Waals surface area contributed by atoms with E-state index in [1.54, 1.807) is 13.0 Å². The van der Waals surface area contributed by atoms with E-state index in [9.17, 15) is 4.79 Å². The first-order valence-corrected chi connectivity index (χ1v) is 7.73. The summed E-state index contributed by atoms with van der Waals surface area (Å²) in [7, 11) is 0. The Labute approximate surface area is 137 Å². The minimum atomic E-state index is -0.323. The van der Waals surface area contributed by atoms with E-state index in [-0.39, 0.29) is 5.97 Å². The van der Waals surface area contributed by atoms with Crippen LogP contribution in [-0.4, -0.2) is 12.6 Å². The average molecular weight is 310 g/mol. The molecule has 2 rings (SSSR count). The van der Waals surface area contributed by atoms with Crippen LogP contribution in [0, 0.1) is 13.8 Å². The van der Waals surface area contributed by atoms with Crippen LogP contribution in [0.3, 0.4) is 0 Å². The van der Waals surface area contributed by atoms with Gasteiger partial charge in [-0.05, 0) is 61.2 Å². The molecule has 0 spiro atoms. The number of ether oxygens (including phenoxy) is 2. The Balaban J connectivity index is 2.09. The van der Waals surface area contributed by atoms with E-state index >= 15 is 0 Å². The molecule has 2 aromatic carbocycles. The van der Waals surface area contributed by atoms with Crippen molar-refractivity contribution >= 4 is 12.0 Å². The first-order chi connectivity index (χ1) is 11.1. The second kappa shape index (κ2) is 8.18. The van der Waals surface area contributed by atoms with Crippen molar-refractivity contribution in [1.82, 2.24) is 0 Å². The van der Waals surface area contributed by atoms with E-state index in [1.165, 1.54) is 6.08 Å². The summed E-state index contributed by atoms with van der Waals surface area (Å²) in [4.78, 5) is 11.4. The molecule has 0 N–H and O–H groups in total. The van der Waals surface area contributed by atoms with Crippen molar-refractivity contribution < 1.29 is 14.3 Å². The second-order valence-electron chi connectivity index (χ2n) is 5.33. The molecule has 0 bridgehead atoms. The first-order valence-electron chi connectivity index (χ1n) is 7.73. The molecule has 3 heteroatoms. The molecule has 0 fully saturated rings. The Morgan fingerprint density at radius 3 is 2.35 bits per heavy atom.